The number of pyridine rings is 1. The summed E-state index contributed by atoms with van der Waals surface area (Å²) in [7, 11) is -1.90. The molecule has 1 fully saturated rings. The third-order valence-corrected chi connectivity index (χ3v) is 8.95. The standard InChI is InChI=1S/C29H34N6O4S.2C2H6/c1-5-7-8-24(6-2)40(37,38)34-16-12-25-28-26(17-30-29(25)34)31-27(20-39-21(3)36)35(28)23-10-14-33(15-11-23)19-22-9-13-32(4)18-22;2*1-2/h5-9,12-13,16-18,23H,2,10-11,14-15,19-20H2,1,3-4H3;2*1-2H3/b7-5-,24-8+;;. The molecule has 0 spiro atoms. The highest BCUT2D eigenvalue weighted by molar-refractivity contribution is 7.94. The molecule has 0 radical (unpaired) electrons. The zero-order valence-electron chi connectivity index (χ0n) is 27.0. The summed E-state index contributed by atoms with van der Waals surface area (Å²) < 4.78 is 37.7. The minimum Gasteiger partial charge on any atom is -0.458 e. The molecule has 0 aromatic carbocycles. The van der Waals surface area contributed by atoms with Crippen molar-refractivity contribution in [2.75, 3.05) is 13.1 Å². The van der Waals surface area contributed by atoms with Crippen molar-refractivity contribution in [3.05, 3.63) is 84.1 Å². The number of hydrogen-bond donors (Lipinski definition) is 0. The first kappa shape index (κ1) is 34.5. The van der Waals surface area contributed by atoms with Crippen LogP contribution in [0.15, 0.2) is 72.7 Å². The monoisotopic (exact) mass is 622 g/mol. The number of fused-ring (bicyclic) bond motifs is 3. The molecule has 1 aliphatic heterocycles. The average molecular weight is 623 g/mol. The molecule has 0 saturated carbocycles. The second-order valence-corrected chi connectivity index (χ2v) is 11.8. The van der Waals surface area contributed by atoms with E-state index >= 15 is 0 Å². The molecule has 44 heavy (non-hydrogen) atoms. The Morgan fingerprint density at radius 1 is 1.14 bits per heavy atom. The van der Waals surface area contributed by atoms with Crippen LogP contribution in [0.5, 0.6) is 0 Å². The topological polar surface area (TPSA) is 104 Å². The molecule has 0 bridgehead atoms. The maximum absolute atomic E-state index is 13.5. The van der Waals surface area contributed by atoms with E-state index in [1.165, 1.54) is 34.8 Å². The summed E-state index contributed by atoms with van der Waals surface area (Å²) in [5, 5.41) is 0.670. The second-order valence-electron chi connectivity index (χ2n) is 10.0. The third-order valence-electron chi connectivity index (χ3n) is 7.24. The van der Waals surface area contributed by atoms with E-state index in [-0.39, 0.29) is 23.5 Å². The van der Waals surface area contributed by atoms with Gasteiger partial charge in [0.1, 0.15) is 17.9 Å². The van der Waals surface area contributed by atoms with Crippen molar-refractivity contribution in [3.8, 4) is 0 Å². The molecular formula is C33H46N6O4S. The minimum atomic E-state index is -3.92. The van der Waals surface area contributed by atoms with E-state index in [2.05, 4.69) is 44.1 Å². The first-order chi connectivity index (χ1) is 21.2. The number of piperidine rings is 1. The molecular weight excluding hydrogens is 576 g/mol. The van der Waals surface area contributed by atoms with E-state index in [0.717, 1.165) is 38.0 Å². The van der Waals surface area contributed by atoms with Gasteiger partial charge in [0.15, 0.2) is 5.65 Å². The van der Waals surface area contributed by atoms with E-state index in [1.807, 2.05) is 41.7 Å². The number of esters is 1. The second kappa shape index (κ2) is 15.7. The molecule has 0 aliphatic carbocycles. The molecule has 10 nitrogen and oxygen atoms in total. The third kappa shape index (κ3) is 7.39. The zero-order chi connectivity index (χ0) is 32.4. The summed E-state index contributed by atoms with van der Waals surface area (Å²) in [5.74, 6) is 0.234. The quantitative estimate of drug-likeness (QED) is 0.155. The van der Waals surface area contributed by atoms with Gasteiger partial charge in [0.05, 0.1) is 16.6 Å². The van der Waals surface area contributed by atoms with Crippen LogP contribution in [0.4, 0.5) is 0 Å². The summed E-state index contributed by atoms with van der Waals surface area (Å²) in [5.41, 5.74) is 3.01. The molecule has 0 amide bonds. The van der Waals surface area contributed by atoms with Gasteiger partial charge in [0.2, 0.25) is 0 Å². The van der Waals surface area contributed by atoms with Crippen LogP contribution < -0.4 is 0 Å². The van der Waals surface area contributed by atoms with Gasteiger partial charge in [-0.2, -0.15) is 0 Å². The van der Waals surface area contributed by atoms with Gasteiger partial charge >= 0.3 is 5.97 Å². The van der Waals surface area contributed by atoms with E-state index in [0.29, 0.717) is 22.4 Å². The zero-order valence-corrected chi connectivity index (χ0v) is 27.8. The first-order valence-corrected chi connectivity index (χ1v) is 16.7. The van der Waals surface area contributed by atoms with Crippen LogP contribution in [0.3, 0.4) is 0 Å². The number of ether oxygens (including phenoxy) is 1. The number of nitrogens with zero attached hydrogens (tertiary/aromatic N) is 6. The lowest BCUT2D eigenvalue weighted by Crippen LogP contribution is -2.34. The first-order valence-electron chi connectivity index (χ1n) is 15.3. The Labute approximate surface area is 261 Å². The molecule has 1 saturated heterocycles. The van der Waals surface area contributed by atoms with Crippen molar-refractivity contribution in [2.24, 2.45) is 7.05 Å². The Morgan fingerprint density at radius 2 is 1.84 bits per heavy atom. The Balaban J connectivity index is 0.00000127. The molecule has 5 heterocycles. The number of hydrogen-bond acceptors (Lipinski definition) is 7. The lowest BCUT2D eigenvalue weighted by Gasteiger charge is -2.33. The van der Waals surface area contributed by atoms with Crippen LogP contribution in [0, 0.1) is 0 Å². The van der Waals surface area contributed by atoms with Crippen molar-refractivity contribution in [1.29, 1.82) is 0 Å². The van der Waals surface area contributed by atoms with E-state index in [9.17, 15) is 13.2 Å². The smallest absolute Gasteiger partial charge is 0.303 e. The van der Waals surface area contributed by atoms with Crippen LogP contribution in [-0.2, 0) is 39.8 Å². The maximum Gasteiger partial charge on any atom is 0.303 e. The minimum absolute atomic E-state index is 0.0292. The molecule has 4 aromatic heterocycles. The van der Waals surface area contributed by atoms with Crippen molar-refractivity contribution < 1.29 is 17.9 Å². The highest BCUT2D eigenvalue weighted by atomic mass is 32.2. The fraction of sp³-hybridized carbons (Fsp3) is 0.424. The summed E-state index contributed by atoms with van der Waals surface area (Å²) in [6, 6.07) is 4.00. The predicted octanol–water partition coefficient (Wildman–Crippen LogP) is 6.50. The number of aryl methyl sites for hydroxylation is 1. The molecule has 11 heteroatoms. The maximum atomic E-state index is 13.5. The van der Waals surface area contributed by atoms with Gasteiger partial charge < -0.3 is 13.9 Å². The van der Waals surface area contributed by atoms with Crippen LogP contribution in [0.1, 0.15) is 71.8 Å². The van der Waals surface area contributed by atoms with Crippen molar-refractivity contribution in [1.82, 2.24) is 28.0 Å². The highest BCUT2D eigenvalue weighted by Crippen LogP contribution is 2.34. The number of rotatable bonds is 9. The molecule has 0 N–H and O–H groups in total. The summed E-state index contributed by atoms with van der Waals surface area (Å²) in [6.45, 7) is 17.6. The van der Waals surface area contributed by atoms with Crippen molar-refractivity contribution >= 4 is 38.1 Å². The highest BCUT2D eigenvalue weighted by Gasteiger charge is 2.28. The number of imidazole rings is 1. The number of allylic oxidation sites excluding steroid dienone is 4. The van der Waals surface area contributed by atoms with Crippen molar-refractivity contribution in [3.63, 3.8) is 0 Å². The summed E-state index contributed by atoms with van der Waals surface area (Å²) >= 11 is 0. The molecule has 5 rings (SSSR count). The van der Waals surface area contributed by atoms with Crippen molar-refractivity contribution in [2.45, 2.75) is 73.6 Å². The van der Waals surface area contributed by atoms with Gasteiger partial charge in [-0.1, -0.05) is 46.4 Å². The summed E-state index contributed by atoms with van der Waals surface area (Å²) in [4.78, 5) is 23.4. The van der Waals surface area contributed by atoms with E-state index in [4.69, 9.17) is 9.72 Å². The Bertz CT molecular complexity index is 1730. The molecule has 4 aromatic rings. The lowest BCUT2D eigenvalue weighted by molar-refractivity contribution is -0.142. The number of likely N-dealkylation sites (tertiary alicyclic amines) is 1. The SMILES string of the molecule is C=C/C(=C\C=C/C)S(=O)(=O)n1ccc2c1ncc1nc(COC(C)=O)n(C3CCN(Cc4ccn(C)c4)CC3)c12.CC.CC. The van der Waals surface area contributed by atoms with Crippen LogP contribution in [0.2, 0.25) is 0 Å². The van der Waals surface area contributed by atoms with Gasteiger partial charge in [-0.15, -0.1) is 0 Å². The van der Waals surface area contributed by atoms with Gasteiger partial charge in [0, 0.05) is 63.6 Å². The molecule has 1 aliphatic rings. The number of carbonyl (C=O) groups excluding carboxylic acids is 1. The lowest BCUT2D eigenvalue weighted by atomic mass is 10.0. The molecule has 238 valence electrons. The normalized spacial score (nSPS) is 14.8. The largest absolute Gasteiger partial charge is 0.458 e. The fourth-order valence-corrected chi connectivity index (χ4v) is 6.65. The molecule has 0 unspecified atom stereocenters. The van der Waals surface area contributed by atoms with Crippen LogP contribution >= 0.6 is 0 Å². The number of aromatic nitrogens is 5. The average Bonchev–Trinajstić information content (AvgIpc) is 3.75. The van der Waals surface area contributed by atoms with Gasteiger partial charge in [0.25, 0.3) is 10.0 Å². The van der Waals surface area contributed by atoms with Gasteiger partial charge in [-0.05, 0) is 49.6 Å². The van der Waals surface area contributed by atoms with Crippen LogP contribution in [-0.4, -0.2) is 55.5 Å². The van der Waals surface area contributed by atoms with E-state index in [1.54, 1.807) is 24.4 Å². The van der Waals surface area contributed by atoms with Gasteiger partial charge in [-0.3, -0.25) is 9.69 Å². The van der Waals surface area contributed by atoms with E-state index < -0.39 is 10.0 Å². The predicted molar refractivity (Wildman–Crippen MR) is 178 cm³/mol. The molecule has 0 atom stereocenters. The Kier molecular flexibility index (Phi) is 12.3. The number of carbonyl (C=O) groups is 1. The fourth-order valence-electron chi connectivity index (χ4n) is 5.36. The summed E-state index contributed by atoms with van der Waals surface area (Å²) in [6.07, 6.45) is 15.3. The van der Waals surface area contributed by atoms with Crippen LogP contribution in [0.25, 0.3) is 22.1 Å². The Hall–Kier alpha value is -3.96. The Morgan fingerprint density at radius 3 is 2.43 bits per heavy atom. The van der Waals surface area contributed by atoms with Gasteiger partial charge in [-0.25, -0.2) is 22.4 Å².